The zero-order chi connectivity index (χ0) is 30.3. The summed E-state index contributed by atoms with van der Waals surface area (Å²) in [5.41, 5.74) is -2.88. The number of pyridine rings is 1. The van der Waals surface area contributed by atoms with E-state index in [0.29, 0.717) is 21.4 Å². The van der Waals surface area contributed by atoms with Crippen LogP contribution in [0.4, 0.5) is 38.0 Å². The highest BCUT2D eigenvalue weighted by molar-refractivity contribution is 6.34. The lowest BCUT2D eigenvalue weighted by Crippen LogP contribution is -2.43. The minimum Gasteiger partial charge on any atom is -0.329 e. The molecule has 0 radical (unpaired) electrons. The van der Waals surface area contributed by atoms with Gasteiger partial charge in [-0.1, -0.05) is 17.7 Å². The minimum absolute atomic E-state index is 0.00973. The van der Waals surface area contributed by atoms with Gasteiger partial charge in [0.25, 0.3) is 5.56 Å². The molecule has 2 aromatic carbocycles. The number of hydrogen-bond donors (Lipinski definition) is 2. The van der Waals surface area contributed by atoms with Gasteiger partial charge >= 0.3 is 17.6 Å². The summed E-state index contributed by atoms with van der Waals surface area (Å²) in [7, 11) is 0. The molecule has 0 spiro atoms. The molecule has 0 aliphatic heterocycles. The molecule has 0 bridgehead atoms. The molecule has 17 heteroatoms. The van der Waals surface area contributed by atoms with Crippen molar-refractivity contribution >= 4 is 34.1 Å². The highest BCUT2D eigenvalue weighted by atomic mass is 35.5. The molecule has 42 heavy (non-hydrogen) atoms. The van der Waals surface area contributed by atoms with Crippen LogP contribution in [0.25, 0.3) is 10.9 Å². The number of alkyl halides is 3. The molecule has 0 aliphatic rings. The van der Waals surface area contributed by atoms with Crippen molar-refractivity contribution in [1.29, 1.82) is 0 Å². The Kier molecular flexibility index (Phi) is 7.40. The maximum Gasteiger partial charge on any atom is 0.408 e. The van der Waals surface area contributed by atoms with Crippen LogP contribution in [0.5, 0.6) is 0 Å². The molecular weight excluding hydrogens is 596 g/mol. The molecule has 0 fully saturated rings. The second-order valence-corrected chi connectivity index (χ2v) is 9.44. The number of nitrogens with zero attached hydrogens (tertiary/aromatic N) is 5. The third kappa shape index (κ3) is 5.93. The zero-order valence-corrected chi connectivity index (χ0v) is 21.6. The number of halogens is 7. The minimum atomic E-state index is -4.54. The van der Waals surface area contributed by atoms with Gasteiger partial charge in [0.1, 0.15) is 6.54 Å². The van der Waals surface area contributed by atoms with Gasteiger partial charge in [0.15, 0.2) is 17.5 Å². The second kappa shape index (κ2) is 10.8. The lowest BCUT2D eigenvalue weighted by molar-refractivity contribution is -0.142. The van der Waals surface area contributed by atoms with Crippen molar-refractivity contribution < 1.29 is 26.3 Å². The van der Waals surface area contributed by atoms with E-state index < -0.39 is 66.1 Å². The summed E-state index contributed by atoms with van der Waals surface area (Å²) in [6.07, 6.45) is -2.10. The SMILES string of the molecule is O=c1[nH]cccc1Cn1c(=O)nc(Nc2cc3cn(CC(F)(F)F)nc3cc2Cl)n(Cc2cc(F)c(F)c(F)c2)c1=O. The first-order valence-electron chi connectivity index (χ1n) is 11.8. The molecule has 3 aromatic heterocycles. The Labute approximate surface area is 234 Å². The van der Waals surface area contributed by atoms with Gasteiger partial charge in [-0.15, -0.1) is 0 Å². The van der Waals surface area contributed by atoms with Gasteiger partial charge < -0.3 is 10.3 Å². The van der Waals surface area contributed by atoms with Crippen LogP contribution in [-0.2, 0) is 19.6 Å². The van der Waals surface area contributed by atoms with Crippen LogP contribution in [0.2, 0.25) is 5.02 Å². The number of aromatic amines is 1. The quantitative estimate of drug-likeness (QED) is 0.213. The van der Waals surface area contributed by atoms with Gasteiger partial charge in [0, 0.05) is 23.3 Å². The van der Waals surface area contributed by atoms with Crippen molar-refractivity contribution in [2.75, 3.05) is 5.32 Å². The van der Waals surface area contributed by atoms with Gasteiger partial charge in [-0.2, -0.15) is 23.3 Å². The van der Waals surface area contributed by atoms with Gasteiger partial charge in [0.2, 0.25) is 5.95 Å². The number of H-pyrrole nitrogens is 1. The van der Waals surface area contributed by atoms with Crippen LogP contribution >= 0.6 is 11.6 Å². The lowest BCUT2D eigenvalue weighted by atomic mass is 10.2. The average molecular weight is 612 g/mol. The molecule has 5 aromatic rings. The van der Waals surface area contributed by atoms with E-state index in [9.17, 15) is 40.7 Å². The number of benzene rings is 2. The normalized spacial score (nSPS) is 11.8. The van der Waals surface area contributed by atoms with E-state index in [4.69, 9.17) is 11.6 Å². The Balaban J connectivity index is 1.61. The third-order valence-corrected chi connectivity index (χ3v) is 6.30. The summed E-state index contributed by atoms with van der Waals surface area (Å²) in [5, 5.41) is 6.60. The highest BCUT2D eigenvalue weighted by Crippen LogP contribution is 2.30. The summed E-state index contributed by atoms with van der Waals surface area (Å²) in [5.74, 6) is -5.28. The van der Waals surface area contributed by atoms with Crippen molar-refractivity contribution in [2.45, 2.75) is 25.8 Å². The molecule has 0 unspecified atom stereocenters. The number of fused-ring (bicyclic) bond motifs is 1. The zero-order valence-electron chi connectivity index (χ0n) is 20.8. The van der Waals surface area contributed by atoms with Crippen molar-refractivity contribution in [3.63, 3.8) is 0 Å². The highest BCUT2D eigenvalue weighted by Gasteiger charge is 2.28. The third-order valence-electron chi connectivity index (χ3n) is 5.99. The van der Waals surface area contributed by atoms with E-state index in [-0.39, 0.29) is 32.7 Å². The number of hydrogen-bond acceptors (Lipinski definition) is 6. The van der Waals surface area contributed by atoms with Crippen LogP contribution < -0.4 is 22.3 Å². The van der Waals surface area contributed by atoms with Crippen molar-refractivity contribution in [3.05, 3.63) is 114 Å². The predicted molar refractivity (Wildman–Crippen MR) is 138 cm³/mol. The van der Waals surface area contributed by atoms with E-state index >= 15 is 0 Å². The Morgan fingerprint density at radius 3 is 2.36 bits per heavy atom. The van der Waals surface area contributed by atoms with Crippen molar-refractivity contribution in [1.82, 2.24) is 28.9 Å². The smallest absolute Gasteiger partial charge is 0.329 e. The summed E-state index contributed by atoms with van der Waals surface area (Å²) >= 11 is 6.29. The van der Waals surface area contributed by atoms with Crippen LogP contribution in [0.3, 0.4) is 0 Å². The number of rotatable bonds is 7. The Morgan fingerprint density at radius 2 is 1.69 bits per heavy atom. The predicted octanol–water partition coefficient (Wildman–Crippen LogP) is 3.92. The fourth-order valence-electron chi connectivity index (χ4n) is 4.11. The molecule has 218 valence electrons. The monoisotopic (exact) mass is 611 g/mol. The van der Waals surface area contributed by atoms with E-state index in [1.807, 2.05) is 0 Å². The van der Waals surface area contributed by atoms with E-state index in [2.05, 4.69) is 20.4 Å². The first kappa shape index (κ1) is 28.7. The summed E-state index contributed by atoms with van der Waals surface area (Å²) in [6.45, 7) is -2.51. The fourth-order valence-corrected chi connectivity index (χ4v) is 4.32. The van der Waals surface area contributed by atoms with Gasteiger partial charge in [0.05, 0.1) is 29.3 Å². The molecule has 3 heterocycles. The first-order valence-corrected chi connectivity index (χ1v) is 12.2. The van der Waals surface area contributed by atoms with E-state index in [1.54, 1.807) is 0 Å². The fraction of sp³-hybridized carbons (Fsp3) is 0.160. The molecule has 0 atom stereocenters. The molecular formula is C25H16ClF6N7O3. The maximum absolute atomic E-state index is 13.9. The van der Waals surface area contributed by atoms with Crippen LogP contribution in [0.1, 0.15) is 11.1 Å². The van der Waals surface area contributed by atoms with Crippen LogP contribution in [0, 0.1) is 17.5 Å². The van der Waals surface area contributed by atoms with Gasteiger partial charge in [-0.3, -0.25) is 14.0 Å². The number of aromatic nitrogens is 6. The topological polar surface area (TPSA) is 120 Å². The van der Waals surface area contributed by atoms with Gasteiger partial charge in [-0.25, -0.2) is 27.3 Å². The Bertz CT molecular complexity index is 1990. The summed E-state index contributed by atoms with van der Waals surface area (Å²) in [6, 6.07) is 6.63. The Morgan fingerprint density at radius 1 is 0.976 bits per heavy atom. The van der Waals surface area contributed by atoms with Crippen molar-refractivity contribution in [3.8, 4) is 0 Å². The van der Waals surface area contributed by atoms with Crippen molar-refractivity contribution in [2.24, 2.45) is 0 Å². The molecule has 5 rings (SSSR count). The average Bonchev–Trinajstić information content (AvgIpc) is 3.27. The van der Waals surface area contributed by atoms with E-state index in [1.165, 1.54) is 30.5 Å². The molecule has 2 N–H and O–H groups in total. The van der Waals surface area contributed by atoms with E-state index in [0.717, 1.165) is 10.8 Å². The Hall–Kier alpha value is -4.86. The second-order valence-electron chi connectivity index (χ2n) is 9.03. The number of nitrogens with one attached hydrogen (secondary N) is 2. The molecule has 0 aliphatic carbocycles. The molecule has 10 nitrogen and oxygen atoms in total. The summed E-state index contributed by atoms with van der Waals surface area (Å²) in [4.78, 5) is 44.8. The maximum atomic E-state index is 13.9. The van der Waals surface area contributed by atoms with Gasteiger partial charge in [-0.05, 0) is 35.9 Å². The number of anilines is 2. The largest absolute Gasteiger partial charge is 0.408 e. The molecule has 0 saturated carbocycles. The summed E-state index contributed by atoms with van der Waals surface area (Å²) < 4.78 is 82.0. The molecule has 0 amide bonds. The van der Waals surface area contributed by atoms with Crippen LogP contribution in [0.15, 0.2) is 63.2 Å². The standard InChI is InChI=1S/C25H16ClF6N7O3/c26-15-7-18-14(9-37(36-18)11-25(30,31)32)6-19(15)34-22-35-23(41)39(10-13-2-1-3-33-21(13)40)24(42)38(22)8-12-4-16(27)20(29)17(28)5-12/h1-7,9H,8,10-11H2,(H,33,40)(H,34,35,41). The first-order chi connectivity index (χ1) is 19.8. The van der Waals surface area contributed by atoms with Crippen LogP contribution in [-0.4, -0.2) is 35.1 Å². The molecule has 0 saturated heterocycles. The lowest BCUT2D eigenvalue weighted by Gasteiger charge is -2.16.